The fourth-order valence-corrected chi connectivity index (χ4v) is 2.77. The Kier molecular flexibility index (Phi) is 5.70. The minimum atomic E-state index is 0.0556. The van der Waals surface area contributed by atoms with Gasteiger partial charge in [-0.05, 0) is 50.2 Å². The molecular weight excluding hydrogens is 268 g/mol. The van der Waals surface area contributed by atoms with Gasteiger partial charge in [-0.25, -0.2) is 0 Å². The Morgan fingerprint density at radius 3 is 2.24 bits per heavy atom. The van der Waals surface area contributed by atoms with Crippen molar-refractivity contribution in [2.45, 2.75) is 32.4 Å². The van der Waals surface area contributed by atoms with Gasteiger partial charge in [0.25, 0.3) is 0 Å². The van der Waals surface area contributed by atoms with Gasteiger partial charge in [-0.2, -0.15) is 0 Å². The predicted octanol–water partition coefficient (Wildman–Crippen LogP) is 1.98. The maximum Gasteiger partial charge on any atom is 0.200 e. The number of nitrogens with one attached hydrogen (secondary N) is 1. The lowest BCUT2D eigenvalue weighted by molar-refractivity contribution is 0.206. The van der Waals surface area contributed by atoms with Gasteiger partial charge in [0.05, 0.1) is 14.2 Å². The van der Waals surface area contributed by atoms with Crippen LogP contribution >= 0.6 is 0 Å². The van der Waals surface area contributed by atoms with Crippen LogP contribution in [0.4, 0.5) is 0 Å². The minimum absolute atomic E-state index is 0.0556. The SMILES string of the molecule is CCN1CCC(NCc2cc(OC)c(O)c(OC)c2)CC1. The summed E-state index contributed by atoms with van der Waals surface area (Å²) in [7, 11) is 3.10. The lowest BCUT2D eigenvalue weighted by Gasteiger charge is -2.31. The van der Waals surface area contributed by atoms with Crippen molar-refractivity contribution in [3.05, 3.63) is 17.7 Å². The third kappa shape index (κ3) is 4.02. The first kappa shape index (κ1) is 15.9. The molecule has 5 nitrogen and oxygen atoms in total. The maximum atomic E-state index is 9.91. The molecule has 1 aromatic carbocycles. The summed E-state index contributed by atoms with van der Waals surface area (Å²) in [5, 5.41) is 13.5. The van der Waals surface area contributed by atoms with Crippen LogP contribution in [0.15, 0.2) is 12.1 Å². The number of methoxy groups -OCH3 is 2. The van der Waals surface area contributed by atoms with Crippen LogP contribution in [0.1, 0.15) is 25.3 Å². The van der Waals surface area contributed by atoms with Crippen molar-refractivity contribution in [3.8, 4) is 17.2 Å². The number of likely N-dealkylation sites (tertiary alicyclic amines) is 1. The normalized spacial score (nSPS) is 16.9. The summed E-state index contributed by atoms with van der Waals surface area (Å²) in [6, 6.07) is 4.26. The van der Waals surface area contributed by atoms with E-state index in [0.717, 1.165) is 31.7 Å². The van der Waals surface area contributed by atoms with E-state index in [1.165, 1.54) is 12.8 Å². The molecule has 0 aliphatic carbocycles. The predicted molar refractivity (Wildman–Crippen MR) is 83.2 cm³/mol. The molecule has 5 heteroatoms. The highest BCUT2D eigenvalue weighted by Gasteiger charge is 2.18. The molecule has 0 bridgehead atoms. The summed E-state index contributed by atoms with van der Waals surface area (Å²) in [5.74, 6) is 0.957. The number of rotatable bonds is 6. The summed E-state index contributed by atoms with van der Waals surface area (Å²) >= 11 is 0. The molecule has 0 unspecified atom stereocenters. The Hall–Kier alpha value is -1.46. The van der Waals surface area contributed by atoms with Crippen LogP contribution in [0.2, 0.25) is 0 Å². The molecule has 21 heavy (non-hydrogen) atoms. The van der Waals surface area contributed by atoms with Crippen molar-refractivity contribution in [2.24, 2.45) is 0 Å². The molecular formula is C16H26N2O3. The van der Waals surface area contributed by atoms with Gasteiger partial charge in [0.1, 0.15) is 0 Å². The third-order valence-electron chi connectivity index (χ3n) is 4.17. The highest BCUT2D eigenvalue weighted by Crippen LogP contribution is 2.37. The average molecular weight is 294 g/mol. The van der Waals surface area contributed by atoms with Gasteiger partial charge >= 0.3 is 0 Å². The van der Waals surface area contributed by atoms with E-state index in [1.54, 1.807) is 14.2 Å². The molecule has 2 N–H and O–H groups in total. The molecule has 2 rings (SSSR count). The lowest BCUT2D eigenvalue weighted by Crippen LogP contribution is -2.42. The Morgan fingerprint density at radius 1 is 1.19 bits per heavy atom. The molecule has 1 aromatic rings. The van der Waals surface area contributed by atoms with E-state index in [9.17, 15) is 5.11 Å². The van der Waals surface area contributed by atoms with Gasteiger partial charge in [-0.15, -0.1) is 0 Å². The standard InChI is InChI=1S/C16H26N2O3/c1-4-18-7-5-13(6-8-18)17-11-12-9-14(20-2)16(19)15(10-12)21-3/h9-10,13,17,19H,4-8,11H2,1-3H3. The molecule has 0 atom stereocenters. The number of nitrogens with zero attached hydrogens (tertiary/aromatic N) is 1. The molecule has 1 saturated heterocycles. The Balaban J connectivity index is 1.94. The van der Waals surface area contributed by atoms with Gasteiger partial charge in [0.2, 0.25) is 5.75 Å². The van der Waals surface area contributed by atoms with Crippen molar-refractivity contribution in [1.29, 1.82) is 0 Å². The van der Waals surface area contributed by atoms with Crippen molar-refractivity contribution in [1.82, 2.24) is 10.2 Å². The molecule has 0 aromatic heterocycles. The summed E-state index contributed by atoms with van der Waals surface area (Å²) in [5.41, 5.74) is 1.06. The van der Waals surface area contributed by atoms with E-state index in [-0.39, 0.29) is 5.75 Å². The second-order valence-corrected chi connectivity index (χ2v) is 5.44. The number of aromatic hydroxyl groups is 1. The molecule has 0 radical (unpaired) electrons. The van der Waals surface area contributed by atoms with Crippen LogP contribution in [-0.2, 0) is 6.54 Å². The Morgan fingerprint density at radius 2 is 1.76 bits per heavy atom. The fourth-order valence-electron chi connectivity index (χ4n) is 2.77. The van der Waals surface area contributed by atoms with Gasteiger partial charge in [0.15, 0.2) is 11.5 Å². The second-order valence-electron chi connectivity index (χ2n) is 5.44. The number of phenolic OH excluding ortho intramolecular Hbond substituents is 1. The average Bonchev–Trinajstić information content (AvgIpc) is 2.54. The number of benzene rings is 1. The summed E-state index contributed by atoms with van der Waals surface area (Å²) in [6.07, 6.45) is 2.36. The first-order valence-corrected chi connectivity index (χ1v) is 7.57. The second kappa shape index (κ2) is 7.52. The number of ether oxygens (including phenoxy) is 2. The van der Waals surface area contributed by atoms with Gasteiger partial charge in [0, 0.05) is 12.6 Å². The summed E-state index contributed by atoms with van der Waals surface area (Å²) < 4.78 is 10.4. The highest BCUT2D eigenvalue weighted by atomic mass is 16.5. The molecule has 1 aliphatic heterocycles. The smallest absolute Gasteiger partial charge is 0.200 e. The molecule has 0 amide bonds. The zero-order valence-corrected chi connectivity index (χ0v) is 13.2. The van der Waals surface area contributed by atoms with Gasteiger partial charge < -0.3 is 24.8 Å². The number of piperidine rings is 1. The van der Waals surface area contributed by atoms with Crippen molar-refractivity contribution < 1.29 is 14.6 Å². The zero-order valence-electron chi connectivity index (χ0n) is 13.2. The highest BCUT2D eigenvalue weighted by molar-refractivity contribution is 5.52. The van der Waals surface area contributed by atoms with E-state index in [1.807, 2.05) is 12.1 Å². The third-order valence-corrected chi connectivity index (χ3v) is 4.17. The molecule has 0 spiro atoms. The molecule has 0 saturated carbocycles. The number of phenols is 1. The quantitative estimate of drug-likeness (QED) is 0.840. The molecule has 1 heterocycles. The number of hydrogen-bond donors (Lipinski definition) is 2. The van der Waals surface area contributed by atoms with E-state index < -0.39 is 0 Å². The Bertz CT molecular complexity index is 432. The molecule has 1 aliphatic rings. The summed E-state index contributed by atoms with van der Waals surface area (Å²) in [4.78, 5) is 2.48. The van der Waals surface area contributed by atoms with Gasteiger partial charge in [-0.3, -0.25) is 0 Å². The largest absolute Gasteiger partial charge is 0.502 e. The lowest BCUT2D eigenvalue weighted by atomic mass is 10.0. The van der Waals surface area contributed by atoms with Crippen LogP contribution in [0, 0.1) is 0 Å². The van der Waals surface area contributed by atoms with Crippen molar-refractivity contribution in [2.75, 3.05) is 33.9 Å². The van der Waals surface area contributed by atoms with Crippen molar-refractivity contribution >= 4 is 0 Å². The minimum Gasteiger partial charge on any atom is -0.502 e. The zero-order chi connectivity index (χ0) is 15.2. The maximum absolute atomic E-state index is 9.91. The first-order chi connectivity index (χ1) is 10.2. The Labute approximate surface area is 126 Å². The van der Waals surface area contributed by atoms with Crippen LogP contribution in [0.25, 0.3) is 0 Å². The van der Waals surface area contributed by atoms with Crippen molar-refractivity contribution in [3.63, 3.8) is 0 Å². The van der Waals surface area contributed by atoms with E-state index >= 15 is 0 Å². The van der Waals surface area contributed by atoms with Crippen LogP contribution in [0.3, 0.4) is 0 Å². The van der Waals surface area contributed by atoms with E-state index in [0.29, 0.717) is 17.5 Å². The van der Waals surface area contributed by atoms with Gasteiger partial charge in [-0.1, -0.05) is 6.92 Å². The van der Waals surface area contributed by atoms with Crippen LogP contribution in [-0.4, -0.2) is 49.9 Å². The van der Waals surface area contributed by atoms with E-state index in [2.05, 4.69) is 17.1 Å². The summed E-state index contributed by atoms with van der Waals surface area (Å²) in [6.45, 7) is 6.43. The molecule has 1 fully saturated rings. The topological polar surface area (TPSA) is 54.0 Å². The monoisotopic (exact) mass is 294 g/mol. The fraction of sp³-hybridized carbons (Fsp3) is 0.625. The first-order valence-electron chi connectivity index (χ1n) is 7.57. The number of hydrogen-bond acceptors (Lipinski definition) is 5. The van der Waals surface area contributed by atoms with E-state index in [4.69, 9.17) is 9.47 Å². The van der Waals surface area contributed by atoms with Crippen LogP contribution < -0.4 is 14.8 Å². The van der Waals surface area contributed by atoms with Crippen LogP contribution in [0.5, 0.6) is 17.2 Å². The molecule has 118 valence electrons.